The van der Waals surface area contributed by atoms with Crippen LogP contribution < -0.4 is 10.9 Å². The van der Waals surface area contributed by atoms with E-state index >= 15 is 0 Å². The minimum absolute atomic E-state index is 0.0119. The molecule has 0 saturated heterocycles. The Bertz CT molecular complexity index is 595. The van der Waals surface area contributed by atoms with Crippen LogP contribution in [0.15, 0.2) is 29.3 Å². The average molecular weight is 249 g/mol. The van der Waals surface area contributed by atoms with Crippen LogP contribution in [0.3, 0.4) is 0 Å². The van der Waals surface area contributed by atoms with Gasteiger partial charge in [-0.05, 0) is 12.1 Å². The number of hydrogen-bond acceptors (Lipinski definition) is 5. The normalized spacial score (nSPS) is 10.8. The van der Waals surface area contributed by atoms with E-state index < -0.39 is 0 Å². The first kappa shape index (κ1) is 12.5. The van der Waals surface area contributed by atoms with E-state index in [0.29, 0.717) is 17.4 Å². The standard InChI is InChI=1S/C12H15N3O3/c16-6-4-13-10-3-1-2-9-11(10)14-8-15(5-7-17)12(9)18/h1-3,8,13,16-17H,4-7H2. The summed E-state index contributed by atoms with van der Waals surface area (Å²) >= 11 is 0. The summed E-state index contributed by atoms with van der Waals surface area (Å²) in [7, 11) is 0. The van der Waals surface area contributed by atoms with Gasteiger partial charge < -0.3 is 15.5 Å². The predicted molar refractivity (Wildman–Crippen MR) is 68.7 cm³/mol. The van der Waals surface area contributed by atoms with Crippen molar-refractivity contribution in [2.24, 2.45) is 0 Å². The van der Waals surface area contributed by atoms with Crippen LogP contribution in [0.2, 0.25) is 0 Å². The van der Waals surface area contributed by atoms with Gasteiger partial charge >= 0.3 is 0 Å². The number of nitrogens with one attached hydrogen (secondary N) is 1. The lowest BCUT2D eigenvalue weighted by Crippen LogP contribution is -2.22. The molecule has 1 aromatic heterocycles. The molecule has 0 spiro atoms. The van der Waals surface area contributed by atoms with Gasteiger partial charge in [0.1, 0.15) is 5.52 Å². The lowest BCUT2D eigenvalue weighted by molar-refractivity contribution is 0.274. The van der Waals surface area contributed by atoms with Crippen LogP contribution in [-0.2, 0) is 6.54 Å². The molecule has 1 heterocycles. The van der Waals surface area contributed by atoms with Gasteiger partial charge in [-0.3, -0.25) is 9.36 Å². The fraction of sp³-hybridized carbons (Fsp3) is 0.333. The number of nitrogens with zero attached hydrogens (tertiary/aromatic N) is 2. The van der Waals surface area contributed by atoms with Gasteiger partial charge in [-0.25, -0.2) is 4.98 Å². The van der Waals surface area contributed by atoms with Crippen LogP contribution in [0.4, 0.5) is 5.69 Å². The molecule has 0 atom stereocenters. The summed E-state index contributed by atoms with van der Waals surface area (Å²) in [6, 6.07) is 5.26. The van der Waals surface area contributed by atoms with Crippen LogP contribution in [0.25, 0.3) is 10.9 Å². The molecule has 6 nitrogen and oxygen atoms in total. The highest BCUT2D eigenvalue weighted by Gasteiger charge is 2.07. The van der Waals surface area contributed by atoms with Crippen LogP contribution in [0, 0.1) is 0 Å². The highest BCUT2D eigenvalue weighted by Crippen LogP contribution is 2.17. The summed E-state index contributed by atoms with van der Waals surface area (Å²) in [5.41, 5.74) is 1.11. The lowest BCUT2D eigenvalue weighted by atomic mass is 10.2. The monoisotopic (exact) mass is 249 g/mol. The van der Waals surface area contributed by atoms with Crippen molar-refractivity contribution in [1.82, 2.24) is 9.55 Å². The van der Waals surface area contributed by atoms with Gasteiger partial charge in [0.25, 0.3) is 5.56 Å². The van der Waals surface area contributed by atoms with Crippen molar-refractivity contribution in [2.75, 3.05) is 25.1 Å². The average Bonchev–Trinajstić information content (AvgIpc) is 2.40. The highest BCUT2D eigenvalue weighted by atomic mass is 16.3. The smallest absolute Gasteiger partial charge is 0.261 e. The Morgan fingerprint density at radius 2 is 2.11 bits per heavy atom. The van der Waals surface area contributed by atoms with Gasteiger partial charge in [-0.2, -0.15) is 0 Å². The Morgan fingerprint density at radius 1 is 1.28 bits per heavy atom. The van der Waals surface area contributed by atoms with E-state index in [-0.39, 0.29) is 25.3 Å². The third kappa shape index (κ3) is 2.34. The van der Waals surface area contributed by atoms with Crippen LogP contribution >= 0.6 is 0 Å². The van der Waals surface area contributed by atoms with Gasteiger partial charge in [-0.1, -0.05) is 6.07 Å². The first-order valence-corrected chi connectivity index (χ1v) is 5.71. The lowest BCUT2D eigenvalue weighted by Gasteiger charge is -2.09. The van der Waals surface area contributed by atoms with Crippen molar-refractivity contribution in [3.63, 3.8) is 0 Å². The molecule has 3 N–H and O–H groups in total. The number of aromatic nitrogens is 2. The van der Waals surface area contributed by atoms with Gasteiger partial charge in [0.2, 0.25) is 0 Å². The fourth-order valence-corrected chi connectivity index (χ4v) is 1.79. The second-order valence-corrected chi connectivity index (χ2v) is 3.82. The van der Waals surface area contributed by atoms with Gasteiger partial charge in [0.15, 0.2) is 0 Å². The van der Waals surface area contributed by atoms with Crippen molar-refractivity contribution in [3.05, 3.63) is 34.9 Å². The summed E-state index contributed by atoms with van der Waals surface area (Å²) in [4.78, 5) is 16.3. The number of hydrogen-bond donors (Lipinski definition) is 3. The van der Waals surface area contributed by atoms with Crippen LogP contribution in [-0.4, -0.2) is 39.5 Å². The van der Waals surface area contributed by atoms with E-state index in [1.807, 2.05) is 0 Å². The van der Waals surface area contributed by atoms with Gasteiger partial charge in [-0.15, -0.1) is 0 Å². The molecule has 96 valence electrons. The molecule has 1 aromatic carbocycles. The Kier molecular flexibility index (Phi) is 3.91. The topological polar surface area (TPSA) is 87.4 Å². The molecule has 0 fully saturated rings. The Labute approximate surface area is 104 Å². The molecule has 0 unspecified atom stereocenters. The van der Waals surface area contributed by atoms with Gasteiger partial charge in [0.05, 0.1) is 37.2 Å². The van der Waals surface area contributed by atoms with Crippen molar-refractivity contribution in [2.45, 2.75) is 6.54 Å². The number of benzene rings is 1. The summed E-state index contributed by atoms with van der Waals surface area (Å²) in [6.07, 6.45) is 1.42. The molecule has 0 aliphatic carbocycles. The molecule has 0 amide bonds. The first-order chi connectivity index (χ1) is 8.77. The quantitative estimate of drug-likeness (QED) is 0.682. The number of para-hydroxylation sites is 1. The summed E-state index contributed by atoms with van der Waals surface area (Å²) in [5, 5.41) is 21.2. The number of aliphatic hydroxyl groups excluding tert-OH is 2. The molecule has 2 aromatic rings. The zero-order chi connectivity index (χ0) is 13.0. The third-order valence-corrected chi connectivity index (χ3v) is 2.62. The molecule has 0 saturated carbocycles. The maximum atomic E-state index is 12.1. The van der Waals surface area contributed by atoms with Crippen molar-refractivity contribution in [3.8, 4) is 0 Å². The van der Waals surface area contributed by atoms with E-state index in [0.717, 1.165) is 5.69 Å². The Balaban J connectivity index is 2.52. The molecule has 18 heavy (non-hydrogen) atoms. The van der Waals surface area contributed by atoms with E-state index in [4.69, 9.17) is 10.2 Å². The first-order valence-electron chi connectivity index (χ1n) is 5.71. The number of rotatable bonds is 5. The summed E-state index contributed by atoms with van der Waals surface area (Å²) in [6.45, 7) is 0.546. The Hall–Kier alpha value is -1.92. The maximum Gasteiger partial charge on any atom is 0.261 e. The second kappa shape index (κ2) is 5.61. The zero-order valence-corrected chi connectivity index (χ0v) is 9.83. The number of anilines is 1. The predicted octanol–water partition coefficient (Wildman–Crippen LogP) is -0.207. The molecular weight excluding hydrogens is 234 g/mol. The molecule has 0 aliphatic rings. The largest absolute Gasteiger partial charge is 0.395 e. The fourth-order valence-electron chi connectivity index (χ4n) is 1.79. The Morgan fingerprint density at radius 3 is 2.83 bits per heavy atom. The molecule has 0 bridgehead atoms. The maximum absolute atomic E-state index is 12.1. The number of aliphatic hydroxyl groups is 2. The highest BCUT2D eigenvalue weighted by molar-refractivity contribution is 5.89. The van der Waals surface area contributed by atoms with Crippen LogP contribution in [0.5, 0.6) is 0 Å². The summed E-state index contributed by atoms with van der Waals surface area (Å²) in [5.74, 6) is 0. The number of fused-ring (bicyclic) bond motifs is 1. The van der Waals surface area contributed by atoms with E-state index in [1.165, 1.54) is 10.9 Å². The zero-order valence-electron chi connectivity index (χ0n) is 9.83. The molecule has 6 heteroatoms. The van der Waals surface area contributed by atoms with E-state index in [2.05, 4.69) is 10.3 Å². The van der Waals surface area contributed by atoms with E-state index in [9.17, 15) is 4.79 Å². The van der Waals surface area contributed by atoms with Crippen molar-refractivity contribution in [1.29, 1.82) is 0 Å². The molecule has 0 radical (unpaired) electrons. The van der Waals surface area contributed by atoms with Gasteiger partial charge in [0, 0.05) is 6.54 Å². The molecule has 2 rings (SSSR count). The van der Waals surface area contributed by atoms with Crippen molar-refractivity contribution >= 4 is 16.6 Å². The SMILES string of the molecule is O=c1c2cccc(NCCO)c2ncn1CCO. The van der Waals surface area contributed by atoms with E-state index in [1.54, 1.807) is 18.2 Å². The summed E-state index contributed by atoms with van der Waals surface area (Å²) < 4.78 is 1.37. The minimum Gasteiger partial charge on any atom is -0.395 e. The van der Waals surface area contributed by atoms with Crippen LogP contribution in [0.1, 0.15) is 0 Å². The third-order valence-electron chi connectivity index (χ3n) is 2.62. The minimum atomic E-state index is -0.179. The molecule has 0 aliphatic heterocycles. The molecular formula is C12H15N3O3. The van der Waals surface area contributed by atoms with Crippen molar-refractivity contribution < 1.29 is 10.2 Å². The second-order valence-electron chi connectivity index (χ2n) is 3.82.